The molecule has 0 aliphatic carbocycles. The van der Waals surface area contributed by atoms with Crippen molar-refractivity contribution in [3.8, 4) is 0 Å². The first kappa shape index (κ1) is 16.2. The van der Waals surface area contributed by atoms with Crippen molar-refractivity contribution >= 4 is 17.1 Å². The lowest BCUT2D eigenvalue weighted by Crippen LogP contribution is -2.24. The van der Waals surface area contributed by atoms with Gasteiger partial charge >= 0.3 is 0 Å². The molecule has 0 heterocycles. The first-order chi connectivity index (χ1) is 9.35. The first-order valence-corrected chi connectivity index (χ1v) is 6.85. The average Bonchev–Trinajstić information content (AvgIpc) is 2.37. The second-order valence-corrected chi connectivity index (χ2v) is 5.70. The molecule has 1 aromatic carbocycles. The first-order valence-electron chi connectivity index (χ1n) is 6.85. The summed E-state index contributed by atoms with van der Waals surface area (Å²) in [6.45, 7) is 9.53. The van der Waals surface area contributed by atoms with Crippen molar-refractivity contribution in [2.45, 2.75) is 27.7 Å². The van der Waals surface area contributed by atoms with Crippen molar-refractivity contribution in [1.29, 1.82) is 0 Å². The third-order valence-corrected chi connectivity index (χ3v) is 3.55. The van der Waals surface area contributed by atoms with Gasteiger partial charge in [0.15, 0.2) is 0 Å². The van der Waals surface area contributed by atoms with Gasteiger partial charge < -0.3 is 10.7 Å². The van der Waals surface area contributed by atoms with E-state index < -0.39 is 4.92 Å². The number of rotatable bonds is 7. The molecule has 0 saturated heterocycles. The molecule has 0 aliphatic heterocycles. The van der Waals surface area contributed by atoms with Crippen LogP contribution in [0.4, 0.5) is 17.1 Å². The van der Waals surface area contributed by atoms with Crippen LogP contribution in [0.1, 0.15) is 27.7 Å². The zero-order valence-corrected chi connectivity index (χ0v) is 12.5. The molecule has 0 amide bonds. The van der Waals surface area contributed by atoms with Gasteiger partial charge in [-0.2, -0.15) is 0 Å². The normalized spacial score (nSPS) is 11.2. The number of hydrazine groups is 1. The van der Waals surface area contributed by atoms with Crippen LogP contribution in [-0.2, 0) is 0 Å². The smallest absolute Gasteiger partial charge is 0.273 e. The maximum atomic E-state index is 10.9. The Hall–Kier alpha value is -1.82. The molecule has 0 spiro atoms. The van der Waals surface area contributed by atoms with Gasteiger partial charge in [-0.05, 0) is 23.8 Å². The summed E-state index contributed by atoms with van der Waals surface area (Å²) in [6, 6.07) is 4.71. The molecule has 112 valence electrons. The number of nitrogens with one attached hydrogen (secondary N) is 2. The summed E-state index contributed by atoms with van der Waals surface area (Å²) in [5.74, 6) is 6.94. The lowest BCUT2D eigenvalue weighted by atomic mass is 9.85. The Kier molecular flexibility index (Phi) is 5.76. The predicted molar refractivity (Wildman–Crippen MR) is 82.6 cm³/mol. The number of nitro benzene ring substituents is 1. The van der Waals surface area contributed by atoms with Crippen LogP contribution in [0.5, 0.6) is 0 Å². The summed E-state index contributed by atoms with van der Waals surface area (Å²) < 4.78 is 0. The van der Waals surface area contributed by atoms with Gasteiger partial charge in [-0.3, -0.25) is 16.0 Å². The van der Waals surface area contributed by atoms with E-state index in [0.29, 0.717) is 29.1 Å². The minimum absolute atomic E-state index is 0.0218. The number of nitrogen functional groups attached to an aromatic ring is 1. The molecule has 0 aliphatic rings. The van der Waals surface area contributed by atoms with Gasteiger partial charge in [0.2, 0.25) is 0 Å². The van der Waals surface area contributed by atoms with E-state index in [1.165, 1.54) is 12.1 Å². The molecular weight excluding hydrogens is 256 g/mol. The fraction of sp³-hybridized carbons (Fsp3) is 0.571. The maximum absolute atomic E-state index is 10.9. The molecule has 0 fully saturated rings. The quantitative estimate of drug-likeness (QED) is 0.405. The zero-order valence-electron chi connectivity index (χ0n) is 12.5. The Bertz CT molecular complexity index is 452. The molecule has 0 unspecified atom stereocenters. The van der Waals surface area contributed by atoms with Gasteiger partial charge in [-0.15, -0.1) is 0 Å². The van der Waals surface area contributed by atoms with Crippen LogP contribution < -0.4 is 16.6 Å². The average molecular weight is 280 g/mol. The third-order valence-electron chi connectivity index (χ3n) is 3.55. The molecular formula is C14H24N4O2. The number of anilines is 2. The second kappa shape index (κ2) is 7.09. The lowest BCUT2D eigenvalue weighted by Gasteiger charge is -2.25. The summed E-state index contributed by atoms with van der Waals surface area (Å²) in [5.41, 5.74) is 3.70. The highest BCUT2D eigenvalue weighted by Gasteiger charge is 2.17. The van der Waals surface area contributed by atoms with E-state index in [0.717, 1.165) is 6.54 Å². The Labute approximate surface area is 119 Å². The second-order valence-electron chi connectivity index (χ2n) is 5.70. The van der Waals surface area contributed by atoms with E-state index in [1.54, 1.807) is 6.07 Å². The summed E-state index contributed by atoms with van der Waals surface area (Å²) in [6.07, 6.45) is 0. The van der Waals surface area contributed by atoms with Crippen LogP contribution in [0.25, 0.3) is 0 Å². The van der Waals surface area contributed by atoms with Crippen molar-refractivity contribution < 1.29 is 4.92 Å². The van der Waals surface area contributed by atoms with Gasteiger partial charge in [-0.25, -0.2) is 0 Å². The fourth-order valence-corrected chi connectivity index (χ4v) is 2.38. The van der Waals surface area contributed by atoms with E-state index in [2.05, 4.69) is 38.4 Å². The third kappa shape index (κ3) is 4.38. The van der Waals surface area contributed by atoms with Crippen molar-refractivity contribution in [3.63, 3.8) is 0 Å². The molecule has 6 nitrogen and oxygen atoms in total. The molecule has 20 heavy (non-hydrogen) atoms. The summed E-state index contributed by atoms with van der Waals surface area (Å²) in [4.78, 5) is 10.5. The fourth-order valence-electron chi connectivity index (χ4n) is 2.38. The van der Waals surface area contributed by atoms with E-state index in [4.69, 9.17) is 5.84 Å². The molecule has 0 saturated carbocycles. The number of nitrogens with two attached hydrogens (primary N) is 1. The Morgan fingerprint density at radius 3 is 2.15 bits per heavy atom. The molecule has 0 bridgehead atoms. The molecule has 0 radical (unpaired) electrons. The van der Waals surface area contributed by atoms with Crippen molar-refractivity contribution in [2.24, 2.45) is 23.6 Å². The van der Waals surface area contributed by atoms with Gasteiger partial charge in [0.25, 0.3) is 5.69 Å². The molecule has 0 atom stereocenters. The van der Waals surface area contributed by atoms with E-state index in [9.17, 15) is 10.1 Å². The van der Waals surface area contributed by atoms with Crippen LogP contribution in [0.2, 0.25) is 0 Å². The zero-order chi connectivity index (χ0) is 15.3. The van der Waals surface area contributed by atoms with E-state index >= 15 is 0 Å². The number of hydrogen-bond donors (Lipinski definition) is 3. The van der Waals surface area contributed by atoms with Gasteiger partial charge in [0.1, 0.15) is 0 Å². The highest BCUT2D eigenvalue weighted by molar-refractivity contribution is 5.63. The lowest BCUT2D eigenvalue weighted by molar-refractivity contribution is -0.384. The number of hydrogen-bond acceptors (Lipinski definition) is 5. The van der Waals surface area contributed by atoms with Crippen LogP contribution >= 0.6 is 0 Å². The van der Waals surface area contributed by atoms with Gasteiger partial charge in [0.05, 0.1) is 10.6 Å². The largest absolute Gasteiger partial charge is 0.384 e. The Balaban J connectivity index is 2.86. The number of non-ortho nitro benzene ring substituents is 1. The summed E-state index contributed by atoms with van der Waals surface area (Å²) in [7, 11) is 0. The summed E-state index contributed by atoms with van der Waals surface area (Å²) >= 11 is 0. The van der Waals surface area contributed by atoms with Gasteiger partial charge in [0, 0.05) is 24.4 Å². The van der Waals surface area contributed by atoms with E-state index in [1.807, 2.05) is 0 Å². The SMILES string of the molecule is CC(C)C(CNc1cc(NN)cc([N+](=O)[O-])c1)C(C)C. The molecule has 6 heteroatoms. The number of nitro groups is 1. The standard InChI is InChI=1S/C14H24N4O2/c1-9(2)14(10(3)4)8-16-11-5-12(17-15)7-13(6-11)18(19)20/h5-7,9-10,14,16-17H,8,15H2,1-4H3. The predicted octanol–water partition coefficient (Wildman–Crippen LogP) is 3.22. The van der Waals surface area contributed by atoms with E-state index in [-0.39, 0.29) is 5.69 Å². The van der Waals surface area contributed by atoms with Crippen molar-refractivity contribution in [3.05, 3.63) is 28.3 Å². The van der Waals surface area contributed by atoms with Crippen molar-refractivity contribution in [2.75, 3.05) is 17.3 Å². The van der Waals surface area contributed by atoms with Crippen LogP contribution in [0.15, 0.2) is 18.2 Å². The summed E-state index contributed by atoms with van der Waals surface area (Å²) in [5, 5.41) is 14.2. The van der Waals surface area contributed by atoms with Crippen LogP contribution in [-0.4, -0.2) is 11.5 Å². The van der Waals surface area contributed by atoms with Crippen LogP contribution in [0, 0.1) is 27.9 Å². The number of benzene rings is 1. The Morgan fingerprint density at radius 2 is 1.70 bits per heavy atom. The molecule has 1 rings (SSSR count). The highest BCUT2D eigenvalue weighted by atomic mass is 16.6. The topological polar surface area (TPSA) is 93.2 Å². The number of nitrogens with zero attached hydrogens (tertiary/aromatic N) is 1. The van der Waals surface area contributed by atoms with Crippen LogP contribution in [0.3, 0.4) is 0 Å². The maximum Gasteiger partial charge on any atom is 0.273 e. The highest BCUT2D eigenvalue weighted by Crippen LogP contribution is 2.26. The minimum atomic E-state index is -0.422. The Morgan fingerprint density at radius 1 is 1.15 bits per heavy atom. The molecule has 4 N–H and O–H groups in total. The molecule has 0 aromatic heterocycles. The minimum Gasteiger partial charge on any atom is -0.384 e. The van der Waals surface area contributed by atoms with Crippen molar-refractivity contribution in [1.82, 2.24) is 0 Å². The molecule has 1 aromatic rings. The van der Waals surface area contributed by atoms with Gasteiger partial charge in [-0.1, -0.05) is 27.7 Å². The monoisotopic (exact) mass is 280 g/mol.